The van der Waals surface area contributed by atoms with Gasteiger partial charge in [0, 0.05) is 5.02 Å². The van der Waals surface area contributed by atoms with Gasteiger partial charge in [-0.3, -0.25) is 14.9 Å². The van der Waals surface area contributed by atoms with Gasteiger partial charge in [-0.25, -0.2) is 14.1 Å². The third-order valence-electron chi connectivity index (χ3n) is 4.93. The highest BCUT2D eigenvalue weighted by molar-refractivity contribution is 6.43. The number of rotatable bonds is 4. The van der Waals surface area contributed by atoms with Crippen LogP contribution in [0.25, 0.3) is 6.08 Å². The molecule has 3 aromatic carbocycles. The van der Waals surface area contributed by atoms with Crippen LogP contribution >= 0.6 is 34.8 Å². The smallest absolute Gasteiger partial charge is 0.273 e. The fraction of sp³-hybridized carbons (Fsp3) is 0.0417. The zero-order valence-corrected chi connectivity index (χ0v) is 19.0. The Kier molecular flexibility index (Phi) is 6.51. The number of imide groups is 2. The summed E-state index contributed by atoms with van der Waals surface area (Å²) < 4.78 is 13.4. The third-order valence-corrected chi connectivity index (χ3v) is 6.03. The van der Waals surface area contributed by atoms with Crippen molar-refractivity contribution in [2.75, 3.05) is 4.90 Å². The normalized spacial score (nSPS) is 15.2. The predicted molar refractivity (Wildman–Crippen MR) is 126 cm³/mol. The number of halogens is 4. The highest BCUT2D eigenvalue weighted by atomic mass is 35.5. The van der Waals surface area contributed by atoms with Gasteiger partial charge in [-0.05, 0) is 65.6 Å². The molecule has 0 bridgehead atoms. The topological polar surface area (TPSA) is 66.5 Å². The molecule has 1 heterocycles. The maximum Gasteiger partial charge on any atom is 0.335 e. The Morgan fingerprint density at radius 1 is 0.879 bits per heavy atom. The van der Waals surface area contributed by atoms with Gasteiger partial charge in [-0.15, -0.1) is 0 Å². The van der Waals surface area contributed by atoms with Crippen molar-refractivity contribution >= 4 is 64.4 Å². The second-order valence-electron chi connectivity index (χ2n) is 7.21. The molecule has 0 aromatic heterocycles. The summed E-state index contributed by atoms with van der Waals surface area (Å²) in [5.41, 5.74) is 1.88. The van der Waals surface area contributed by atoms with E-state index in [9.17, 15) is 18.8 Å². The Bertz CT molecular complexity index is 1340. The number of anilines is 1. The summed E-state index contributed by atoms with van der Waals surface area (Å²) in [5.74, 6) is -1.99. The lowest BCUT2D eigenvalue weighted by atomic mass is 10.0. The second kappa shape index (κ2) is 9.35. The number of amides is 4. The highest BCUT2D eigenvalue weighted by Crippen LogP contribution is 2.30. The molecule has 4 rings (SSSR count). The molecule has 0 unspecified atom stereocenters. The van der Waals surface area contributed by atoms with Gasteiger partial charge in [-0.2, -0.15) is 0 Å². The van der Waals surface area contributed by atoms with Crippen molar-refractivity contribution in [3.05, 3.63) is 104 Å². The van der Waals surface area contributed by atoms with Crippen molar-refractivity contribution < 1.29 is 18.8 Å². The molecule has 0 atom stereocenters. The molecule has 0 radical (unpaired) electrons. The van der Waals surface area contributed by atoms with Gasteiger partial charge in [0.15, 0.2) is 0 Å². The summed E-state index contributed by atoms with van der Waals surface area (Å²) in [7, 11) is 0. The van der Waals surface area contributed by atoms with Crippen LogP contribution in [-0.2, 0) is 16.0 Å². The summed E-state index contributed by atoms with van der Waals surface area (Å²) in [6.07, 6.45) is 1.75. The zero-order chi connectivity index (χ0) is 23.7. The maximum atomic E-state index is 13.4. The predicted octanol–water partition coefficient (Wildman–Crippen LogP) is 6.04. The van der Waals surface area contributed by atoms with Crippen LogP contribution in [0.2, 0.25) is 15.1 Å². The molecule has 1 N–H and O–H groups in total. The minimum Gasteiger partial charge on any atom is -0.273 e. The van der Waals surface area contributed by atoms with Crippen LogP contribution in [0.15, 0.2) is 66.2 Å². The monoisotopic (exact) mass is 502 g/mol. The Balaban J connectivity index is 1.63. The van der Waals surface area contributed by atoms with Crippen LogP contribution in [0.1, 0.15) is 16.7 Å². The summed E-state index contributed by atoms with van der Waals surface area (Å²) in [6.45, 7) is 0. The molecule has 9 heteroatoms. The first-order chi connectivity index (χ1) is 15.7. The molecule has 4 amide bonds. The number of hydrogen-bond acceptors (Lipinski definition) is 3. The fourth-order valence-electron chi connectivity index (χ4n) is 3.35. The number of hydrogen-bond donors (Lipinski definition) is 1. The minimum absolute atomic E-state index is 0.151. The molecule has 166 valence electrons. The van der Waals surface area contributed by atoms with Crippen LogP contribution in [0.5, 0.6) is 0 Å². The average molecular weight is 504 g/mol. The number of benzene rings is 3. The summed E-state index contributed by atoms with van der Waals surface area (Å²) in [5, 5.41) is 2.93. The first-order valence-corrected chi connectivity index (χ1v) is 10.8. The molecule has 33 heavy (non-hydrogen) atoms. The molecule has 1 aliphatic heterocycles. The van der Waals surface area contributed by atoms with E-state index >= 15 is 0 Å². The average Bonchev–Trinajstić information content (AvgIpc) is 2.75. The lowest BCUT2D eigenvalue weighted by Crippen LogP contribution is -2.54. The molecular formula is C24H14Cl3FN2O3. The van der Waals surface area contributed by atoms with E-state index in [4.69, 9.17) is 34.8 Å². The maximum absolute atomic E-state index is 13.4. The quantitative estimate of drug-likeness (QED) is 0.348. The van der Waals surface area contributed by atoms with E-state index in [0.717, 1.165) is 16.0 Å². The van der Waals surface area contributed by atoms with Gasteiger partial charge in [0.1, 0.15) is 11.4 Å². The Hall–Kier alpha value is -3.19. The first kappa shape index (κ1) is 23.0. The van der Waals surface area contributed by atoms with Crippen molar-refractivity contribution in [2.45, 2.75) is 6.42 Å². The lowest BCUT2D eigenvalue weighted by Gasteiger charge is -2.26. The van der Waals surface area contributed by atoms with Crippen molar-refractivity contribution in [1.29, 1.82) is 0 Å². The molecule has 1 aliphatic rings. The van der Waals surface area contributed by atoms with Gasteiger partial charge >= 0.3 is 6.03 Å². The molecule has 0 aliphatic carbocycles. The van der Waals surface area contributed by atoms with Crippen molar-refractivity contribution in [1.82, 2.24) is 5.32 Å². The lowest BCUT2D eigenvalue weighted by molar-refractivity contribution is -0.122. The minimum atomic E-state index is -0.899. The van der Waals surface area contributed by atoms with Gasteiger partial charge in [0.2, 0.25) is 0 Å². The van der Waals surface area contributed by atoms with Crippen LogP contribution in [0, 0.1) is 5.82 Å². The Labute approximate surface area is 203 Å². The van der Waals surface area contributed by atoms with Gasteiger partial charge in [0.05, 0.1) is 15.7 Å². The Morgan fingerprint density at radius 3 is 2.36 bits per heavy atom. The van der Waals surface area contributed by atoms with Crippen LogP contribution in [0.3, 0.4) is 0 Å². The third kappa shape index (κ3) is 4.93. The van der Waals surface area contributed by atoms with Gasteiger partial charge < -0.3 is 0 Å². The number of nitrogens with one attached hydrogen (secondary N) is 1. The van der Waals surface area contributed by atoms with Crippen molar-refractivity contribution in [3.8, 4) is 0 Å². The Morgan fingerprint density at radius 2 is 1.67 bits per heavy atom. The number of nitrogens with zero attached hydrogens (tertiary/aromatic N) is 1. The van der Waals surface area contributed by atoms with E-state index in [2.05, 4.69) is 5.32 Å². The van der Waals surface area contributed by atoms with Crippen LogP contribution in [0.4, 0.5) is 14.9 Å². The molecule has 0 saturated carbocycles. The largest absolute Gasteiger partial charge is 0.335 e. The molecule has 0 spiro atoms. The standard InChI is InChI=1S/C24H14Cl3FN2O3/c25-19-7-6-17(12-21(19)27)30-23(32)18(22(31)29-24(30)33)10-14-4-5-15(20(26)11-14)8-13-2-1-3-16(28)9-13/h1-7,9-12H,8H2,(H,29,31,33)/b18-10+. The summed E-state index contributed by atoms with van der Waals surface area (Å²) >= 11 is 18.3. The van der Waals surface area contributed by atoms with E-state index in [1.54, 1.807) is 30.3 Å². The van der Waals surface area contributed by atoms with E-state index in [-0.39, 0.29) is 27.1 Å². The fourth-order valence-corrected chi connectivity index (χ4v) is 3.89. The van der Waals surface area contributed by atoms with E-state index in [1.807, 2.05) is 0 Å². The number of barbiturate groups is 1. The highest BCUT2D eigenvalue weighted by Gasteiger charge is 2.37. The van der Waals surface area contributed by atoms with Gasteiger partial charge in [-0.1, -0.05) is 59.1 Å². The SMILES string of the molecule is O=C1NC(=O)N(c2ccc(Cl)c(Cl)c2)C(=O)/C1=C/c1ccc(Cc2cccc(F)c2)c(Cl)c1. The zero-order valence-electron chi connectivity index (χ0n) is 16.7. The number of carbonyl (C=O) groups excluding carboxylic acids is 3. The van der Waals surface area contributed by atoms with Crippen LogP contribution < -0.4 is 10.2 Å². The summed E-state index contributed by atoms with van der Waals surface area (Å²) in [6, 6.07) is 14.5. The van der Waals surface area contributed by atoms with Crippen LogP contribution in [-0.4, -0.2) is 17.8 Å². The molecule has 5 nitrogen and oxygen atoms in total. The first-order valence-electron chi connectivity index (χ1n) is 9.62. The number of urea groups is 1. The summed E-state index contributed by atoms with van der Waals surface area (Å²) in [4.78, 5) is 38.5. The van der Waals surface area contributed by atoms with Crippen molar-refractivity contribution in [2.24, 2.45) is 0 Å². The van der Waals surface area contributed by atoms with E-state index in [1.165, 1.54) is 36.4 Å². The molecule has 1 fully saturated rings. The van der Waals surface area contributed by atoms with Crippen molar-refractivity contribution in [3.63, 3.8) is 0 Å². The molecular weight excluding hydrogens is 490 g/mol. The second-order valence-corrected chi connectivity index (χ2v) is 8.44. The van der Waals surface area contributed by atoms with E-state index in [0.29, 0.717) is 17.0 Å². The number of carbonyl (C=O) groups is 3. The molecule has 1 saturated heterocycles. The van der Waals surface area contributed by atoms with E-state index < -0.39 is 17.8 Å². The molecule has 3 aromatic rings. The van der Waals surface area contributed by atoms with Gasteiger partial charge in [0.25, 0.3) is 11.8 Å².